The van der Waals surface area contributed by atoms with Crippen molar-refractivity contribution in [2.45, 2.75) is 19.9 Å². The Morgan fingerprint density at radius 2 is 2.17 bits per heavy atom. The molecule has 2 aromatic rings. The van der Waals surface area contributed by atoms with Gasteiger partial charge in [-0.05, 0) is 19.1 Å². The summed E-state index contributed by atoms with van der Waals surface area (Å²) in [7, 11) is 1.83. The Hall–Kier alpha value is -2.28. The summed E-state index contributed by atoms with van der Waals surface area (Å²) in [5.74, 6) is 2.81. The van der Waals surface area contributed by atoms with Gasteiger partial charge in [0, 0.05) is 58.8 Å². The van der Waals surface area contributed by atoms with Crippen molar-refractivity contribution in [2.24, 2.45) is 4.99 Å². The number of guanidine groups is 1. The molecule has 0 radical (unpaired) electrons. The summed E-state index contributed by atoms with van der Waals surface area (Å²) in [4.78, 5) is 9.09. The molecule has 7 nitrogen and oxygen atoms in total. The maximum atomic E-state index is 5.35. The van der Waals surface area contributed by atoms with Crippen molar-refractivity contribution in [1.29, 1.82) is 0 Å². The van der Waals surface area contributed by atoms with E-state index in [4.69, 9.17) is 8.94 Å². The van der Waals surface area contributed by atoms with Crippen molar-refractivity contribution in [3.63, 3.8) is 0 Å². The molecule has 0 bridgehead atoms. The van der Waals surface area contributed by atoms with E-state index in [0.29, 0.717) is 0 Å². The molecule has 3 heterocycles. The molecular weight excluding hydrogens is 306 g/mol. The standard InChI is InChI=1S/C17H25N5O2/c1-14-12-15(20-24-14)13-21-7-9-22(10-8-21)17(18-2)19-6-5-16-4-3-11-23-16/h3-4,11-12H,5-10,13H2,1-2H3,(H,18,19). The van der Waals surface area contributed by atoms with E-state index in [-0.39, 0.29) is 0 Å². The average Bonchev–Trinajstić information content (AvgIpc) is 3.24. The van der Waals surface area contributed by atoms with Crippen LogP contribution in [0.15, 0.2) is 38.4 Å². The fraction of sp³-hybridized carbons (Fsp3) is 0.529. The predicted molar refractivity (Wildman–Crippen MR) is 91.9 cm³/mol. The number of nitrogens with zero attached hydrogens (tertiary/aromatic N) is 4. The number of rotatable bonds is 5. The molecule has 1 fully saturated rings. The predicted octanol–water partition coefficient (Wildman–Crippen LogP) is 1.51. The van der Waals surface area contributed by atoms with Crippen molar-refractivity contribution < 1.29 is 8.94 Å². The highest BCUT2D eigenvalue weighted by molar-refractivity contribution is 5.80. The van der Waals surface area contributed by atoms with Gasteiger partial charge in [0.15, 0.2) is 5.96 Å². The second-order valence-corrected chi connectivity index (χ2v) is 6.00. The summed E-state index contributed by atoms with van der Waals surface area (Å²) >= 11 is 0. The Balaban J connectivity index is 1.42. The Labute approximate surface area is 142 Å². The summed E-state index contributed by atoms with van der Waals surface area (Å²) in [6.45, 7) is 7.48. The number of aromatic nitrogens is 1. The van der Waals surface area contributed by atoms with Crippen LogP contribution in [-0.4, -0.2) is 60.7 Å². The molecule has 2 aromatic heterocycles. The van der Waals surface area contributed by atoms with E-state index >= 15 is 0 Å². The van der Waals surface area contributed by atoms with Crippen molar-refractivity contribution in [3.05, 3.63) is 41.7 Å². The lowest BCUT2D eigenvalue weighted by molar-refractivity contribution is 0.169. The molecule has 130 valence electrons. The minimum absolute atomic E-state index is 0.818. The zero-order chi connectivity index (χ0) is 16.8. The molecule has 0 saturated carbocycles. The van der Waals surface area contributed by atoms with E-state index in [9.17, 15) is 0 Å². The Bertz CT molecular complexity index is 642. The van der Waals surface area contributed by atoms with Crippen LogP contribution in [0.3, 0.4) is 0 Å². The van der Waals surface area contributed by atoms with Crippen LogP contribution in [0.2, 0.25) is 0 Å². The van der Waals surface area contributed by atoms with Crippen LogP contribution in [0.1, 0.15) is 17.2 Å². The van der Waals surface area contributed by atoms with E-state index in [2.05, 4.69) is 25.3 Å². The average molecular weight is 331 g/mol. The Kier molecular flexibility index (Phi) is 5.53. The van der Waals surface area contributed by atoms with Crippen LogP contribution in [0.4, 0.5) is 0 Å². The molecule has 0 atom stereocenters. The monoisotopic (exact) mass is 331 g/mol. The minimum Gasteiger partial charge on any atom is -0.469 e. The molecule has 0 spiro atoms. The SMILES string of the molecule is CN=C(NCCc1ccco1)N1CCN(Cc2cc(C)on2)CC1. The molecule has 1 saturated heterocycles. The van der Waals surface area contributed by atoms with Crippen LogP contribution in [0.25, 0.3) is 0 Å². The van der Waals surface area contributed by atoms with Gasteiger partial charge in [-0.15, -0.1) is 0 Å². The topological polar surface area (TPSA) is 70.0 Å². The molecule has 1 aliphatic rings. The summed E-state index contributed by atoms with van der Waals surface area (Å²) in [6, 6.07) is 5.91. The number of aliphatic imine (C=N–C) groups is 1. The van der Waals surface area contributed by atoms with E-state index in [1.165, 1.54) is 0 Å². The van der Waals surface area contributed by atoms with Gasteiger partial charge in [0.25, 0.3) is 0 Å². The normalized spacial score (nSPS) is 16.6. The number of hydrogen-bond acceptors (Lipinski definition) is 5. The molecule has 0 unspecified atom stereocenters. The highest BCUT2D eigenvalue weighted by Gasteiger charge is 2.20. The number of nitrogens with one attached hydrogen (secondary N) is 1. The third-order valence-corrected chi connectivity index (χ3v) is 4.18. The highest BCUT2D eigenvalue weighted by atomic mass is 16.5. The number of aryl methyl sites for hydroxylation is 1. The van der Waals surface area contributed by atoms with E-state index in [1.54, 1.807) is 6.26 Å². The highest BCUT2D eigenvalue weighted by Crippen LogP contribution is 2.09. The van der Waals surface area contributed by atoms with Crippen LogP contribution in [-0.2, 0) is 13.0 Å². The van der Waals surface area contributed by atoms with Gasteiger partial charge in [-0.1, -0.05) is 5.16 Å². The summed E-state index contributed by atoms with van der Waals surface area (Å²) in [6.07, 6.45) is 2.57. The molecule has 7 heteroatoms. The number of furan rings is 1. The molecule has 3 rings (SSSR count). The van der Waals surface area contributed by atoms with Gasteiger partial charge >= 0.3 is 0 Å². The third kappa shape index (κ3) is 4.38. The lowest BCUT2D eigenvalue weighted by Crippen LogP contribution is -2.52. The first kappa shape index (κ1) is 16.6. The quantitative estimate of drug-likeness (QED) is 0.662. The van der Waals surface area contributed by atoms with Crippen molar-refractivity contribution >= 4 is 5.96 Å². The fourth-order valence-electron chi connectivity index (χ4n) is 2.92. The minimum atomic E-state index is 0.818. The number of piperazine rings is 1. The zero-order valence-corrected chi connectivity index (χ0v) is 14.4. The molecule has 0 aromatic carbocycles. The van der Waals surface area contributed by atoms with Gasteiger partial charge < -0.3 is 19.2 Å². The van der Waals surface area contributed by atoms with Crippen LogP contribution < -0.4 is 5.32 Å². The van der Waals surface area contributed by atoms with Crippen LogP contribution >= 0.6 is 0 Å². The van der Waals surface area contributed by atoms with Gasteiger partial charge in [-0.2, -0.15) is 0 Å². The van der Waals surface area contributed by atoms with E-state index < -0.39 is 0 Å². The second kappa shape index (κ2) is 8.01. The molecule has 0 aliphatic carbocycles. The second-order valence-electron chi connectivity index (χ2n) is 6.00. The van der Waals surface area contributed by atoms with Gasteiger partial charge in [-0.3, -0.25) is 9.89 Å². The van der Waals surface area contributed by atoms with Crippen molar-refractivity contribution in [3.8, 4) is 0 Å². The summed E-state index contributed by atoms with van der Waals surface area (Å²) in [5, 5.41) is 7.49. The van der Waals surface area contributed by atoms with Crippen molar-refractivity contribution in [2.75, 3.05) is 39.8 Å². The van der Waals surface area contributed by atoms with E-state index in [0.717, 1.165) is 68.9 Å². The maximum Gasteiger partial charge on any atom is 0.193 e. The Morgan fingerprint density at radius 1 is 1.33 bits per heavy atom. The van der Waals surface area contributed by atoms with Crippen LogP contribution in [0.5, 0.6) is 0 Å². The van der Waals surface area contributed by atoms with Crippen LogP contribution in [0, 0.1) is 6.92 Å². The molecule has 24 heavy (non-hydrogen) atoms. The number of hydrogen-bond donors (Lipinski definition) is 1. The molecule has 0 amide bonds. The lowest BCUT2D eigenvalue weighted by atomic mass is 10.3. The third-order valence-electron chi connectivity index (χ3n) is 4.18. The molecular formula is C17H25N5O2. The smallest absolute Gasteiger partial charge is 0.193 e. The summed E-state index contributed by atoms with van der Waals surface area (Å²) < 4.78 is 10.5. The Morgan fingerprint density at radius 3 is 2.79 bits per heavy atom. The fourth-order valence-corrected chi connectivity index (χ4v) is 2.92. The molecule has 1 N–H and O–H groups in total. The first-order valence-corrected chi connectivity index (χ1v) is 8.37. The largest absolute Gasteiger partial charge is 0.469 e. The lowest BCUT2D eigenvalue weighted by Gasteiger charge is -2.36. The first-order chi connectivity index (χ1) is 11.7. The van der Waals surface area contributed by atoms with Gasteiger partial charge in [0.2, 0.25) is 0 Å². The van der Waals surface area contributed by atoms with Crippen molar-refractivity contribution in [1.82, 2.24) is 20.3 Å². The van der Waals surface area contributed by atoms with E-state index in [1.807, 2.05) is 32.2 Å². The summed E-state index contributed by atoms with van der Waals surface area (Å²) in [5.41, 5.74) is 1.00. The first-order valence-electron chi connectivity index (χ1n) is 8.37. The molecule has 1 aliphatic heterocycles. The van der Waals surface area contributed by atoms with Gasteiger partial charge in [0.05, 0.1) is 12.0 Å². The zero-order valence-electron chi connectivity index (χ0n) is 14.4. The maximum absolute atomic E-state index is 5.35. The van der Waals surface area contributed by atoms with Gasteiger partial charge in [-0.25, -0.2) is 0 Å². The van der Waals surface area contributed by atoms with Gasteiger partial charge in [0.1, 0.15) is 11.5 Å².